The van der Waals surface area contributed by atoms with Gasteiger partial charge in [-0.2, -0.15) is 0 Å². The molecule has 1 aliphatic rings. The van der Waals surface area contributed by atoms with Crippen LogP contribution in [0.15, 0.2) is 11.4 Å². The summed E-state index contributed by atoms with van der Waals surface area (Å²) < 4.78 is 5.12. The summed E-state index contributed by atoms with van der Waals surface area (Å²) in [5.74, 6) is 0.937. The van der Waals surface area contributed by atoms with E-state index in [2.05, 4.69) is 5.32 Å². The molecule has 4 nitrogen and oxygen atoms in total. The number of carbonyl (C=O) groups excluding carboxylic acids is 1. The number of nitrogens with one attached hydrogen (secondary N) is 1. The second-order valence-electron chi connectivity index (χ2n) is 4.71. The third kappa shape index (κ3) is 3.23. The Hall–Kier alpha value is -1.07. The van der Waals surface area contributed by atoms with Crippen LogP contribution in [0.25, 0.3) is 0 Å². The van der Waals surface area contributed by atoms with Crippen molar-refractivity contribution in [2.75, 3.05) is 13.7 Å². The monoisotopic (exact) mass is 269 g/mol. The Labute approximate surface area is 111 Å². The summed E-state index contributed by atoms with van der Waals surface area (Å²) in [6.45, 7) is 0.636. The van der Waals surface area contributed by atoms with Gasteiger partial charge in [0.2, 0.25) is 0 Å². The van der Waals surface area contributed by atoms with Crippen LogP contribution >= 0.6 is 11.3 Å². The van der Waals surface area contributed by atoms with Gasteiger partial charge >= 0.3 is 0 Å². The van der Waals surface area contributed by atoms with Gasteiger partial charge in [0.05, 0.1) is 13.2 Å². The fourth-order valence-electron chi connectivity index (χ4n) is 2.39. The van der Waals surface area contributed by atoms with Crippen molar-refractivity contribution in [3.8, 4) is 5.75 Å². The van der Waals surface area contributed by atoms with Gasteiger partial charge in [0.1, 0.15) is 10.6 Å². The van der Waals surface area contributed by atoms with E-state index < -0.39 is 0 Å². The molecule has 0 aromatic carbocycles. The van der Waals surface area contributed by atoms with Crippen molar-refractivity contribution < 1.29 is 14.6 Å². The van der Waals surface area contributed by atoms with Crippen molar-refractivity contribution >= 4 is 17.2 Å². The summed E-state index contributed by atoms with van der Waals surface area (Å²) in [5.41, 5.74) is 0. The molecule has 0 saturated heterocycles. The van der Waals surface area contributed by atoms with Crippen molar-refractivity contribution in [1.82, 2.24) is 5.32 Å². The van der Waals surface area contributed by atoms with Crippen LogP contribution in [-0.4, -0.2) is 30.8 Å². The summed E-state index contributed by atoms with van der Waals surface area (Å²) in [5, 5.41) is 14.4. The topological polar surface area (TPSA) is 58.6 Å². The summed E-state index contributed by atoms with van der Waals surface area (Å²) in [6.07, 6.45) is 3.62. The number of amides is 1. The predicted molar refractivity (Wildman–Crippen MR) is 71.2 cm³/mol. The van der Waals surface area contributed by atoms with E-state index in [0.29, 0.717) is 23.1 Å². The molecule has 1 amide bonds. The van der Waals surface area contributed by atoms with Crippen molar-refractivity contribution in [3.05, 3.63) is 16.3 Å². The van der Waals surface area contributed by atoms with Crippen LogP contribution in [-0.2, 0) is 0 Å². The number of ether oxygens (including phenoxy) is 1. The summed E-state index contributed by atoms with van der Waals surface area (Å²) in [7, 11) is 1.57. The largest absolute Gasteiger partial charge is 0.495 e. The fraction of sp³-hybridized carbons (Fsp3) is 0.615. The van der Waals surface area contributed by atoms with E-state index in [4.69, 9.17) is 4.74 Å². The summed E-state index contributed by atoms with van der Waals surface area (Å²) in [6, 6.07) is 1.80. The Bertz CT molecular complexity index is 405. The minimum atomic E-state index is -0.197. The first-order chi connectivity index (χ1) is 8.70. The van der Waals surface area contributed by atoms with Gasteiger partial charge in [0.25, 0.3) is 5.91 Å². The lowest BCUT2D eigenvalue weighted by atomic mass is 9.87. The Morgan fingerprint density at radius 3 is 3.17 bits per heavy atom. The highest BCUT2D eigenvalue weighted by Gasteiger charge is 2.21. The Balaban J connectivity index is 1.84. The van der Waals surface area contributed by atoms with Crippen molar-refractivity contribution in [3.63, 3.8) is 0 Å². The Kier molecular flexibility index (Phi) is 4.60. The highest BCUT2D eigenvalue weighted by molar-refractivity contribution is 7.12. The molecule has 2 rings (SSSR count). The molecule has 18 heavy (non-hydrogen) atoms. The molecule has 0 aliphatic heterocycles. The van der Waals surface area contributed by atoms with Crippen LogP contribution in [0.1, 0.15) is 35.4 Å². The molecule has 2 unspecified atom stereocenters. The van der Waals surface area contributed by atoms with E-state index >= 15 is 0 Å². The normalized spacial score (nSPS) is 23.7. The van der Waals surface area contributed by atoms with Crippen LogP contribution < -0.4 is 10.1 Å². The molecule has 1 fully saturated rings. The van der Waals surface area contributed by atoms with E-state index in [-0.39, 0.29) is 12.0 Å². The van der Waals surface area contributed by atoms with Crippen LogP contribution in [0.3, 0.4) is 0 Å². The smallest absolute Gasteiger partial charge is 0.265 e. The standard InChI is InChI=1S/C13H19NO3S/c1-17-11-5-6-18-12(11)13(16)14-8-9-3-2-4-10(15)7-9/h5-6,9-10,15H,2-4,7-8H2,1H3,(H,14,16). The molecule has 2 N–H and O–H groups in total. The molecule has 5 heteroatoms. The maximum Gasteiger partial charge on any atom is 0.265 e. The third-order valence-electron chi connectivity index (χ3n) is 3.36. The maximum atomic E-state index is 12.0. The Morgan fingerprint density at radius 2 is 2.44 bits per heavy atom. The number of aliphatic hydroxyl groups is 1. The lowest BCUT2D eigenvalue weighted by Crippen LogP contribution is -2.32. The number of aliphatic hydroxyl groups excluding tert-OH is 1. The number of thiophene rings is 1. The second kappa shape index (κ2) is 6.20. The fourth-order valence-corrected chi connectivity index (χ4v) is 3.16. The molecule has 1 heterocycles. The average molecular weight is 269 g/mol. The quantitative estimate of drug-likeness (QED) is 0.879. The molecule has 0 spiro atoms. The van der Waals surface area contributed by atoms with Crippen molar-refractivity contribution in [1.29, 1.82) is 0 Å². The lowest BCUT2D eigenvalue weighted by molar-refractivity contribution is 0.0874. The number of hydrogen-bond donors (Lipinski definition) is 2. The number of methoxy groups -OCH3 is 1. The molecule has 0 radical (unpaired) electrons. The van der Waals surface area contributed by atoms with Gasteiger partial charge in [-0.05, 0) is 36.6 Å². The molecular weight excluding hydrogens is 250 g/mol. The predicted octanol–water partition coefficient (Wildman–Crippen LogP) is 2.04. The van der Waals surface area contributed by atoms with Crippen molar-refractivity contribution in [2.45, 2.75) is 31.8 Å². The zero-order valence-electron chi connectivity index (χ0n) is 10.5. The van der Waals surface area contributed by atoms with Gasteiger partial charge in [0, 0.05) is 6.54 Å². The molecule has 2 atom stereocenters. The molecule has 1 aliphatic carbocycles. The molecule has 1 aromatic heterocycles. The van der Waals surface area contributed by atoms with E-state index in [0.717, 1.165) is 25.7 Å². The zero-order valence-corrected chi connectivity index (χ0v) is 11.3. The number of rotatable bonds is 4. The molecule has 1 saturated carbocycles. The minimum absolute atomic E-state index is 0.0816. The summed E-state index contributed by atoms with van der Waals surface area (Å²) in [4.78, 5) is 12.6. The molecule has 100 valence electrons. The molecule has 0 bridgehead atoms. The maximum absolute atomic E-state index is 12.0. The molecule has 1 aromatic rings. The van der Waals surface area contributed by atoms with Crippen LogP contribution in [0.4, 0.5) is 0 Å². The number of hydrogen-bond acceptors (Lipinski definition) is 4. The highest BCUT2D eigenvalue weighted by Crippen LogP contribution is 2.26. The van der Waals surface area contributed by atoms with E-state index in [1.165, 1.54) is 11.3 Å². The molecular formula is C13H19NO3S. The third-order valence-corrected chi connectivity index (χ3v) is 4.26. The second-order valence-corrected chi connectivity index (χ2v) is 5.63. The van der Waals surface area contributed by atoms with Crippen LogP contribution in [0.2, 0.25) is 0 Å². The van der Waals surface area contributed by atoms with Gasteiger partial charge < -0.3 is 15.2 Å². The summed E-state index contributed by atoms with van der Waals surface area (Å²) >= 11 is 1.38. The van der Waals surface area contributed by atoms with Crippen LogP contribution in [0.5, 0.6) is 5.75 Å². The first-order valence-electron chi connectivity index (χ1n) is 6.28. The average Bonchev–Trinajstić information content (AvgIpc) is 2.84. The van der Waals surface area contributed by atoms with Crippen molar-refractivity contribution in [2.24, 2.45) is 5.92 Å². The minimum Gasteiger partial charge on any atom is -0.495 e. The first kappa shape index (κ1) is 13.4. The van der Waals surface area contributed by atoms with Gasteiger partial charge in [-0.25, -0.2) is 0 Å². The first-order valence-corrected chi connectivity index (χ1v) is 7.16. The van der Waals surface area contributed by atoms with Gasteiger partial charge in [-0.3, -0.25) is 4.79 Å². The van der Waals surface area contributed by atoms with E-state index in [9.17, 15) is 9.90 Å². The van der Waals surface area contributed by atoms with Gasteiger partial charge in [-0.1, -0.05) is 6.42 Å². The van der Waals surface area contributed by atoms with Gasteiger partial charge in [-0.15, -0.1) is 11.3 Å². The SMILES string of the molecule is COc1ccsc1C(=O)NCC1CCCC(O)C1. The van der Waals surface area contributed by atoms with Crippen LogP contribution in [0, 0.1) is 5.92 Å². The highest BCUT2D eigenvalue weighted by atomic mass is 32.1. The van der Waals surface area contributed by atoms with E-state index in [1.54, 1.807) is 13.2 Å². The Morgan fingerprint density at radius 1 is 1.61 bits per heavy atom. The lowest BCUT2D eigenvalue weighted by Gasteiger charge is -2.25. The number of carbonyl (C=O) groups is 1. The van der Waals surface area contributed by atoms with Gasteiger partial charge in [0.15, 0.2) is 0 Å². The van der Waals surface area contributed by atoms with E-state index in [1.807, 2.05) is 5.38 Å². The zero-order chi connectivity index (χ0) is 13.0.